The van der Waals surface area contributed by atoms with Crippen molar-refractivity contribution in [2.24, 2.45) is 0 Å². The minimum Gasteiger partial charge on any atom is -0.377 e. The van der Waals surface area contributed by atoms with Gasteiger partial charge >= 0.3 is 0 Å². The Morgan fingerprint density at radius 3 is 2.10 bits per heavy atom. The predicted octanol–water partition coefficient (Wildman–Crippen LogP) is 2.85. The van der Waals surface area contributed by atoms with Crippen molar-refractivity contribution < 1.29 is 14.3 Å². The van der Waals surface area contributed by atoms with Gasteiger partial charge in [0.05, 0.1) is 6.61 Å². The topological polar surface area (TPSA) is 47.6 Å². The fraction of sp³-hybridized carbons (Fsp3) is 0.688. The molecule has 0 spiro atoms. The van der Waals surface area contributed by atoms with Crippen molar-refractivity contribution in [3.8, 4) is 0 Å². The first-order valence-corrected chi connectivity index (χ1v) is 7.45. The Balaban J connectivity index is 3.07. The van der Waals surface area contributed by atoms with Crippen molar-refractivity contribution in [2.75, 3.05) is 33.0 Å². The highest BCUT2D eigenvalue weighted by molar-refractivity contribution is 5.77. The van der Waals surface area contributed by atoms with E-state index in [4.69, 9.17) is 9.47 Å². The van der Waals surface area contributed by atoms with Crippen LogP contribution < -0.4 is 5.32 Å². The molecule has 0 fully saturated rings. The molecule has 1 amide bonds. The van der Waals surface area contributed by atoms with E-state index in [2.05, 4.69) is 18.5 Å². The summed E-state index contributed by atoms with van der Waals surface area (Å²) in [4.78, 5) is 11.2. The van der Waals surface area contributed by atoms with Crippen molar-refractivity contribution in [1.29, 1.82) is 0 Å². The molecule has 0 aromatic heterocycles. The average molecular weight is 283 g/mol. The third kappa shape index (κ3) is 14.9. The van der Waals surface area contributed by atoms with E-state index in [1.807, 2.05) is 0 Å². The maximum absolute atomic E-state index is 11.2. The molecule has 0 rings (SSSR count). The van der Waals surface area contributed by atoms with Gasteiger partial charge in [0.15, 0.2) is 0 Å². The quantitative estimate of drug-likeness (QED) is 0.371. The van der Waals surface area contributed by atoms with Crippen LogP contribution in [0.4, 0.5) is 0 Å². The van der Waals surface area contributed by atoms with Gasteiger partial charge in [0.1, 0.15) is 6.61 Å². The number of hydrogen-bond donors (Lipinski definition) is 1. The van der Waals surface area contributed by atoms with Gasteiger partial charge in [-0.2, -0.15) is 0 Å². The SMILES string of the molecule is C=CCNC(=O)COCCCCCCCCOCC=C. The number of carbonyl (C=O) groups is 1. The lowest BCUT2D eigenvalue weighted by molar-refractivity contribution is -0.125. The van der Waals surface area contributed by atoms with Gasteiger partial charge in [0, 0.05) is 19.8 Å². The van der Waals surface area contributed by atoms with Crippen molar-refractivity contribution in [3.63, 3.8) is 0 Å². The summed E-state index contributed by atoms with van der Waals surface area (Å²) in [6.07, 6.45) is 10.4. The summed E-state index contributed by atoms with van der Waals surface area (Å²) in [6.45, 7) is 9.92. The molecule has 0 heterocycles. The molecular formula is C16H29NO3. The van der Waals surface area contributed by atoms with Crippen LogP contribution in [0.2, 0.25) is 0 Å². The Bertz CT molecular complexity index is 254. The van der Waals surface area contributed by atoms with E-state index < -0.39 is 0 Å². The molecule has 0 aliphatic carbocycles. The largest absolute Gasteiger partial charge is 0.377 e. The molecule has 20 heavy (non-hydrogen) atoms. The molecule has 0 aromatic rings. The van der Waals surface area contributed by atoms with Gasteiger partial charge in [0.2, 0.25) is 5.91 Å². The van der Waals surface area contributed by atoms with Gasteiger partial charge in [-0.25, -0.2) is 0 Å². The maximum atomic E-state index is 11.2. The molecule has 1 N–H and O–H groups in total. The highest BCUT2D eigenvalue weighted by atomic mass is 16.5. The Morgan fingerprint density at radius 2 is 1.50 bits per heavy atom. The number of unbranched alkanes of at least 4 members (excludes halogenated alkanes) is 5. The Morgan fingerprint density at radius 1 is 0.900 bits per heavy atom. The predicted molar refractivity (Wildman–Crippen MR) is 82.7 cm³/mol. The number of nitrogens with one attached hydrogen (secondary N) is 1. The summed E-state index contributed by atoms with van der Waals surface area (Å²) < 4.78 is 10.6. The second-order valence-corrected chi connectivity index (χ2v) is 4.63. The van der Waals surface area contributed by atoms with Crippen LogP contribution >= 0.6 is 0 Å². The molecule has 4 nitrogen and oxygen atoms in total. The molecule has 0 radical (unpaired) electrons. The molecule has 0 unspecified atom stereocenters. The normalized spacial score (nSPS) is 10.2. The first kappa shape index (κ1) is 18.9. The summed E-state index contributed by atoms with van der Waals surface area (Å²) in [7, 11) is 0. The van der Waals surface area contributed by atoms with Crippen LogP contribution in [0.3, 0.4) is 0 Å². The highest BCUT2D eigenvalue weighted by Crippen LogP contribution is 2.05. The lowest BCUT2D eigenvalue weighted by atomic mass is 10.1. The molecule has 0 aliphatic rings. The summed E-state index contributed by atoms with van der Waals surface area (Å²) >= 11 is 0. The van der Waals surface area contributed by atoms with Gasteiger partial charge in [-0.1, -0.05) is 37.8 Å². The van der Waals surface area contributed by atoms with Gasteiger partial charge in [-0.3, -0.25) is 4.79 Å². The van der Waals surface area contributed by atoms with Gasteiger partial charge in [-0.05, 0) is 12.8 Å². The van der Waals surface area contributed by atoms with E-state index in [0.29, 0.717) is 19.8 Å². The van der Waals surface area contributed by atoms with Crippen LogP contribution in [0.25, 0.3) is 0 Å². The molecule has 0 saturated heterocycles. The van der Waals surface area contributed by atoms with Crippen LogP contribution in [0.5, 0.6) is 0 Å². The number of carbonyl (C=O) groups excluding carboxylic acids is 1. The van der Waals surface area contributed by atoms with Crippen LogP contribution in [0.15, 0.2) is 25.3 Å². The first-order valence-electron chi connectivity index (χ1n) is 7.45. The fourth-order valence-corrected chi connectivity index (χ4v) is 1.68. The monoisotopic (exact) mass is 283 g/mol. The van der Waals surface area contributed by atoms with Crippen LogP contribution in [-0.4, -0.2) is 38.9 Å². The van der Waals surface area contributed by atoms with E-state index in [1.165, 1.54) is 19.3 Å². The zero-order valence-electron chi connectivity index (χ0n) is 12.6. The minimum absolute atomic E-state index is 0.0792. The van der Waals surface area contributed by atoms with E-state index in [9.17, 15) is 4.79 Å². The lowest BCUT2D eigenvalue weighted by Crippen LogP contribution is -2.27. The summed E-state index contributed by atoms with van der Waals surface area (Å²) in [6, 6.07) is 0. The molecular weight excluding hydrogens is 254 g/mol. The standard InChI is InChI=1S/C16H29NO3/c1-3-11-17-16(18)15-20-14-10-8-6-5-7-9-13-19-12-4-2/h3-4H,1-2,5-15H2,(H,17,18). The first-order chi connectivity index (χ1) is 9.81. The second kappa shape index (κ2) is 15.9. The zero-order valence-corrected chi connectivity index (χ0v) is 12.6. The third-order valence-electron chi connectivity index (χ3n) is 2.74. The van der Waals surface area contributed by atoms with Crippen molar-refractivity contribution in [3.05, 3.63) is 25.3 Å². The summed E-state index contributed by atoms with van der Waals surface area (Å²) in [5.41, 5.74) is 0. The van der Waals surface area contributed by atoms with E-state index in [1.54, 1.807) is 12.2 Å². The lowest BCUT2D eigenvalue weighted by Gasteiger charge is -2.05. The van der Waals surface area contributed by atoms with Crippen LogP contribution in [0, 0.1) is 0 Å². The van der Waals surface area contributed by atoms with Gasteiger partial charge in [0.25, 0.3) is 0 Å². The van der Waals surface area contributed by atoms with E-state index in [-0.39, 0.29) is 12.5 Å². The minimum atomic E-state index is -0.0792. The summed E-state index contributed by atoms with van der Waals surface area (Å²) in [5.74, 6) is -0.0792. The van der Waals surface area contributed by atoms with E-state index >= 15 is 0 Å². The van der Waals surface area contributed by atoms with Crippen molar-refractivity contribution >= 4 is 5.91 Å². The molecule has 0 aliphatic heterocycles. The number of ether oxygens (including phenoxy) is 2. The third-order valence-corrected chi connectivity index (χ3v) is 2.74. The molecule has 116 valence electrons. The Hall–Kier alpha value is -1.13. The average Bonchev–Trinajstić information content (AvgIpc) is 2.46. The molecule has 4 heteroatoms. The Kier molecular flexibility index (Phi) is 15.0. The number of hydrogen-bond acceptors (Lipinski definition) is 3. The van der Waals surface area contributed by atoms with Crippen molar-refractivity contribution in [1.82, 2.24) is 5.32 Å². The van der Waals surface area contributed by atoms with Crippen LogP contribution in [0.1, 0.15) is 38.5 Å². The number of rotatable bonds is 15. The fourth-order valence-electron chi connectivity index (χ4n) is 1.68. The molecule has 0 aromatic carbocycles. The Labute approximate surface area is 123 Å². The number of amides is 1. The molecule has 0 atom stereocenters. The van der Waals surface area contributed by atoms with Gasteiger partial charge < -0.3 is 14.8 Å². The zero-order chi connectivity index (χ0) is 14.9. The molecule has 0 bridgehead atoms. The van der Waals surface area contributed by atoms with Crippen LogP contribution in [-0.2, 0) is 14.3 Å². The second-order valence-electron chi connectivity index (χ2n) is 4.63. The van der Waals surface area contributed by atoms with E-state index in [0.717, 1.165) is 25.9 Å². The van der Waals surface area contributed by atoms with Crippen molar-refractivity contribution in [2.45, 2.75) is 38.5 Å². The highest BCUT2D eigenvalue weighted by Gasteiger charge is 1.98. The van der Waals surface area contributed by atoms with Gasteiger partial charge in [-0.15, -0.1) is 13.2 Å². The molecule has 0 saturated carbocycles. The summed E-state index contributed by atoms with van der Waals surface area (Å²) in [5, 5.41) is 2.67. The maximum Gasteiger partial charge on any atom is 0.246 e. The smallest absolute Gasteiger partial charge is 0.246 e.